The van der Waals surface area contributed by atoms with Crippen LogP contribution in [0.5, 0.6) is 0 Å². The quantitative estimate of drug-likeness (QED) is 0.772. The van der Waals surface area contributed by atoms with Crippen molar-refractivity contribution in [2.45, 2.75) is 19.8 Å². The molecule has 94 valence electrons. The maximum atomic E-state index is 10.8. The van der Waals surface area contributed by atoms with Crippen molar-refractivity contribution in [2.24, 2.45) is 5.92 Å². The fourth-order valence-electron chi connectivity index (χ4n) is 2.08. The molecular weight excluding hydrogens is 236 g/mol. The molecule has 0 spiro atoms. The van der Waals surface area contributed by atoms with E-state index in [0.717, 1.165) is 48.2 Å². The molecule has 0 aliphatic carbocycles. The number of carbonyl (C=O) groups excluding carboxylic acids is 1. The SMILES string of the molecule is Cc1nc(N(C)CC2CCCOC2)sc1C=O. The van der Waals surface area contributed by atoms with Gasteiger partial charge in [-0.3, -0.25) is 4.79 Å². The predicted molar refractivity (Wildman–Crippen MR) is 69.1 cm³/mol. The number of aldehydes is 1. The second kappa shape index (κ2) is 5.60. The third-order valence-electron chi connectivity index (χ3n) is 3.04. The van der Waals surface area contributed by atoms with Gasteiger partial charge < -0.3 is 9.64 Å². The highest BCUT2D eigenvalue weighted by Crippen LogP contribution is 2.25. The van der Waals surface area contributed by atoms with Crippen LogP contribution in [0.25, 0.3) is 0 Å². The first-order valence-electron chi connectivity index (χ1n) is 5.92. The zero-order valence-corrected chi connectivity index (χ0v) is 11.1. The fraction of sp³-hybridized carbons (Fsp3) is 0.667. The molecule has 2 rings (SSSR count). The number of thiazole rings is 1. The van der Waals surface area contributed by atoms with E-state index in [0.29, 0.717) is 5.92 Å². The number of ether oxygens (including phenoxy) is 1. The van der Waals surface area contributed by atoms with Crippen molar-refractivity contribution in [3.8, 4) is 0 Å². The highest BCUT2D eigenvalue weighted by Gasteiger charge is 2.18. The number of nitrogens with zero attached hydrogens (tertiary/aromatic N) is 2. The first-order chi connectivity index (χ1) is 8.20. The van der Waals surface area contributed by atoms with Gasteiger partial charge in [0.05, 0.1) is 17.2 Å². The minimum absolute atomic E-state index is 0.581. The van der Waals surface area contributed by atoms with Crippen LogP contribution in [0, 0.1) is 12.8 Å². The first kappa shape index (κ1) is 12.5. The summed E-state index contributed by atoms with van der Waals surface area (Å²) in [4.78, 5) is 18.1. The summed E-state index contributed by atoms with van der Waals surface area (Å²) in [6.45, 7) is 4.56. The van der Waals surface area contributed by atoms with Gasteiger partial charge in [0.2, 0.25) is 0 Å². The summed E-state index contributed by atoms with van der Waals surface area (Å²) in [6.07, 6.45) is 3.25. The summed E-state index contributed by atoms with van der Waals surface area (Å²) >= 11 is 1.46. The van der Waals surface area contributed by atoms with Gasteiger partial charge in [-0.15, -0.1) is 0 Å². The number of hydrogen-bond acceptors (Lipinski definition) is 5. The van der Waals surface area contributed by atoms with Gasteiger partial charge in [-0.05, 0) is 25.7 Å². The van der Waals surface area contributed by atoms with Crippen molar-refractivity contribution in [2.75, 3.05) is 31.7 Å². The lowest BCUT2D eigenvalue weighted by Gasteiger charge is -2.26. The Hall–Kier alpha value is -0.940. The summed E-state index contributed by atoms with van der Waals surface area (Å²) in [5, 5.41) is 0.926. The standard InChI is InChI=1S/C12H18N2O2S/c1-9-11(7-15)17-12(13-9)14(2)6-10-4-3-5-16-8-10/h7,10H,3-6,8H2,1-2H3. The Bertz CT molecular complexity index is 386. The molecule has 4 nitrogen and oxygen atoms in total. The lowest BCUT2D eigenvalue weighted by molar-refractivity contribution is 0.0576. The van der Waals surface area contributed by atoms with Crippen molar-refractivity contribution in [1.82, 2.24) is 4.98 Å². The van der Waals surface area contributed by atoms with E-state index in [-0.39, 0.29) is 0 Å². The Labute approximate surface area is 106 Å². The second-order valence-corrected chi connectivity index (χ2v) is 5.54. The van der Waals surface area contributed by atoms with Crippen molar-refractivity contribution >= 4 is 22.8 Å². The third-order valence-corrected chi connectivity index (χ3v) is 4.24. The zero-order valence-electron chi connectivity index (χ0n) is 10.3. The van der Waals surface area contributed by atoms with Crippen molar-refractivity contribution in [3.05, 3.63) is 10.6 Å². The van der Waals surface area contributed by atoms with Crippen LogP contribution in [0.3, 0.4) is 0 Å². The molecule has 0 saturated carbocycles. The van der Waals surface area contributed by atoms with Crippen LogP contribution < -0.4 is 4.90 Å². The molecule has 1 aliphatic heterocycles. The van der Waals surface area contributed by atoms with E-state index in [4.69, 9.17) is 4.74 Å². The van der Waals surface area contributed by atoms with E-state index in [1.807, 2.05) is 14.0 Å². The number of rotatable bonds is 4. The third kappa shape index (κ3) is 3.04. The van der Waals surface area contributed by atoms with Gasteiger partial charge in [0.25, 0.3) is 0 Å². The van der Waals surface area contributed by atoms with Crippen LogP contribution in [0.2, 0.25) is 0 Å². The Morgan fingerprint density at radius 2 is 2.47 bits per heavy atom. The minimum atomic E-state index is 0.581. The summed E-state index contributed by atoms with van der Waals surface area (Å²) in [5.41, 5.74) is 0.826. The molecule has 17 heavy (non-hydrogen) atoms. The van der Waals surface area contributed by atoms with Crippen LogP contribution in [-0.2, 0) is 4.74 Å². The van der Waals surface area contributed by atoms with Gasteiger partial charge in [0.1, 0.15) is 0 Å². The molecule has 0 amide bonds. The molecule has 0 aromatic carbocycles. The molecule has 1 unspecified atom stereocenters. The largest absolute Gasteiger partial charge is 0.381 e. The number of anilines is 1. The van der Waals surface area contributed by atoms with Crippen LogP contribution >= 0.6 is 11.3 Å². The lowest BCUT2D eigenvalue weighted by atomic mass is 10.0. The molecule has 1 fully saturated rings. The smallest absolute Gasteiger partial charge is 0.185 e. The lowest BCUT2D eigenvalue weighted by Crippen LogP contribution is -2.30. The highest BCUT2D eigenvalue weighted by molar-refractivity contribution is 7.17. The van der Waals surface area contributed by atoms with Gasteiger partial charge in [-0.1, -0.05) is 11.3 Å². The summed E-state index contributed by atoms with van der Waals surface area (Å²) < 4.78 is 5.47. The van der Waals surface area contributed by atoms with Gasteiger partial charge in [-0.2, -0.15) is 0 Å². The van der Waals surface area contributed by atoms with Gasteiger partial charge >= 0.3 is 0 Å². The molecule has 1 saturated heterocycles. The van der Waals surface area contributed by atoms with Crippen LogP contribution in [0.1, 0.15) is 28.2 Å². The Balaban J connectivity index is 1.98. The Kier molecular flexibility index (Phi) is 4.12. The normalized spacial score (nSPS) is 20.2. The van der Waals surface area contributed by atoms with Gasteiger partial charge in [0, 0.05) is 20.2 Å². The summed E-state index contributed by atoms with van der Waals surface area (Å²) in [5.74, 6) is 0.581. The topological polar surface area (TPSA) is 42.4 Å². The van der Waals surface area contributed by atoms with E-state index in [2.05, 4.69) is 9.88 Å². The molecule has 1 aliphatic rings. The maximum Gasteiger partial charge on any atom is 0.185 e. The van der Waals surface area contributed by atoms with E-state index in [9.17, 15) is 4.79 Å². The molecule has 0 N–H and O–H groups in total. The zero-order chi connectivity index (χ0) is 12.3. The second-order valence-electron chi connectivity index (χ2n) is 4.53. The van der Waals surface area contributed by atoms with Crippen LogP contribution in [-0.4, -0.2) is 38.1 Å². The van der Waals surface area contributed by atoms with Crippen LogP contribution in [0.4, 0.5) is 5.13 Å². The summed E-state index contributed by atoms with van der Waals surface area (Å²) in [6, 6.07) is 0. The van der Waals surface area contributed by atoms with Crippen molar-refractivity contribution in [1.29, 1.82) is 0 Å². The Morgan fingerprint density at radius 3 is 3.06 bits per heavy atom. The fourth-order valence-corrected chi connectivity index (χ4v) is 2.93. The predicted octanol–water partition coefficient (Wildman–Crippen LogP) is 2.13. The van der Waals surface area contributed by atoms with Crippen molar-refractivity contribution in [3.63, 3.8) is 0 Å². The minimum Gasteiger partial charge on any atom is -0.381 e. The molecule has 1 aromatic heterocycles. The van der Waals surface area contributed by atoms with Gasteiger partial charge in [0.15, 0.2) is 11.4 Å². The monoisotopic (exact) mass is 254 g/mol. The van der Waals surface area contributed by atoms with E-state index < -0.39 is 0 Å². The number of hydrogen-bond donors (Lipinski definition) is 0. The molecule has 1 atom stereocenters. The maximum absolute atomic E-state index is 10.8. The molecule has 2 heterocycles. The average Bonchev–Trinajstić information content (AvgIpc) is 2.72. The molecule has 1 aromatic rings. The van der Waals surface area contributed by atoms with E-state index >= 15 is 0 Å². The average molecular weight is 254 g/mol. The van der Waals surface area contributed by atoms with Crippen LogP contribution in [0.15, 0.2) is 0 Å². The Morgan fingerprint density at radius 1 is 1.65 bits per heavy atom. The first-order valence-corrected chi connectivity index (χ1v) is 6.74. The summed E-state index contributed by atoms with van der Waals surface area (Å²) in [7, 11) is 2.03. The number of aromatic nitrogens is 1. The van der Waals surface area contributed by atoms with Crippen molar-refractivity contribution < 1.29 is 9.53 Å². The molecule has 0 bridgehead atoms. The van der Waals surface area contributed by atoms with Gasteiger partial charge in [-0.25, -0.2) is 4.98 Å². The van der Waals surface area contributed by atoms with E-state index in [1.54, 1.807) is 0 Å². The highest BCUT2D eigenvalue weighted by atomic mass is 32.1. The number of carbonyl (C=O) groups is 1. The molecule has 5 heteroatoms. The molecular formula is C12H18N2O2S. The van der Waals surface area contributed by atoms with E-state index in [1.165, 1.54) is 17.8 Å². The number of aryl methyl sites for hydroxylation is 1. The molecule has 0 radical (unpaired) electrons.